The van der Waals surface area contributed by atoms with E-state index in [2.05, 4.69) is 34.5 Å². The highest BCUT2D eigenvalue weighted by Gasteiger charge is 2.41. The third-order valence-corrected chi connectivity index (χ3v) is 5.48. The Balaban J connectivity index is 1.45. The number of ether oxygens (including phenoxy) is 1. The lowest BCUT2D eigenvalue weighted by Gasteiger charge is -2.45. The molecule has 2 saturated heterocycles. The van der Waals surface area contributed by atoms with E-state index in [-0.39, 0.29) is 11.5 Å². The summed E-state index contributed by atoms with van der Waals surface area (Å²) in [6, 6.07) is 8.47. The Bertz CT molecular complexity index is 535. The monoisotopic (exact) mass is 300 g/mol. The predicted molar refractivity (Wildman–Crippen MR) is 84.7 cm³/mol. The Kier molecular flexibility index (Phi) is 3.66. The summed E-state index contributed by atoms with van der Waals surface area (Å²) < 4.78 is 6.08. The van der Waals surface area contributed by atoms with Gasteiger partial charge in [0.15, 0.2) is 0 Å². The second-order valence-electron chi connectivity index (χ2n) is 6.92. The summed E-state index contributed by atoms with van der Waals surface area (Å²) in [5.41, 5.74) is 2.61. The van der Waals surface area contributed by atoms with Crippen LogP contribution in [0, 0.1) is 5.92 Å². The fraction of sp³-hybridized carbons (Fsp3) is 0.611. The number of rotatable bonds is 1. The summed E-state index contributed by atoms with van der Waals surface area (Å²) in [5.74, 6) is 0.465. The summed E-state index contributed by atoms with van der Waals surface area (Å²) >= 11 is 0. The molecule has 1 aromatic rings. The molecule has 4 heteroatoms. The summed E-state index contributed by atoms with van der Waals surface area (Å²) in [5, 5.41) is 3.38. The lowest BCUT2D eigenvalue weighted by atomic mass is 9.89. The second-order valence-corrected chi connectivity index (χ2v) is 6.92. The topological polar surface area (TPSA) is 41.6 Å². The van der Waals surface area contributed by atoms with Gasteiger partial charge in [-0.2, -0.15) is 0 Å². The number of carbonyl (C=O) groups is 1. The lowest BCUT2D eigenvalue weighted by molar-refractivity contribution is -0.158. The standard InChI is InChI=1S/C18H24N2O2/c21-17(16-11-14-3-1-2-4-15(14)12-16)20-9-10-22-18(13-20)5-7-19-8-6-18/h1-4,16,19H,5-13H2. The van der Waals surface area contributed by atoms with Gasteiger partial charge < -0.3 is 15.0 Å². The number of morpholine rings is 1. The van der Waals surface area contributed by atoms with E-state index in [0.29, 0.717) is 12.5 Å². The van der Waals surface area contributed by atoms with Crippen LogP contribution in [0.25, 0.3) is 0 Å². The first-order chi connectivity index (χ1) is 10.8. The molecule has 0 atom stereocenters. The Morgan fingerprint density at radius 2 is 1.86 bits per heavy atom. The van der Waals surface area contributed by atoms with Gasteiger partial charge in [0.2, 0.25) is 5.91 Å². The molecule has 4 nitrogen and oxygen atoms in total. The molecular weight excluding hydrogens is 276 g/mol. The Morgan fingerprint density at radius 1 is 1.18 bits per heavy atom. The molecule has 1 N–H and O–H groups in total. The minimum atomic E-state index is -0.0926. The van der Waals surface area contributed by atoms with Gasteiger partial charge in [0.05, 0.1) is 12.2 Å². The van der Waals surface area contributed by atoms with Crippen LogP contribution in [0.1, 0.15) is 24.0 Å². The van der Waals surface area contributed by atoms with Crippen LogP contribution >= 0.6 is 0 Å². The van der Waals surface area contributed by atoms with Crippen molar-refractivity contribution >= 4 is 5.91 Å². The van der Waals surface area contributed by atoms with Crippen LogP contribution in [-0.4, -0.2) is 49.2 Å². The van der Waals surface area contributed by atoms with Crippen LogP contribution in [0.2, 0.25) is 0 Å². The minimum Gasteiger partial charge on any atom is -0.371 e. The average molecular weight is 300 g/mol. The maximum atomic E-state index is 12.9. The number of hydrogen-bond donors (Lipinski definition) is 1. The van der Waals surface area contributed by atoms with Crippen LogP contribution in [0.4, 0.5) is 0 Å². The van der Waals surface area contributed by atoms with Gasteiger partial charge in [0, 0.05) is 19.0 Å². The maximum absolute atomic E-state index is 12.9. The smallest absolute Gasteiger partial charge is 0.226 e. The molecule has 2 aliphatic heterocycles. The van der Waals surface area contributed by atoms with E-state index in [4.69, 9.17) is 4.74 Å². The highest BCUT2D eigenvalue weighted by Crippen LogP contribution is 2.31. The molecule has 0 bridgehead atoms. The van der Waals surface area contributed by atoms with Gasteiger partial charge in [0.1, 0.15) is 0 Å². The second kappa shape index (κ2) is 5.67. The van der Waals surface area contributed by atoms with Crippen LogP contribution in [0.5, 0.6) is 0 Å². The first-order valence-corrected chi connectivity index (χ1v) is 8.46. The molecule has 3 aliphatic rings. The molecule has 1 amide bonds. The number of nitrogens with zero attached hydrogens (tertiary/aromatic N) is 1. The Hall–Kier alpha value is -1.39. The molecule has 0 saturated carbocycles. The van der Waals surface area contributed by atoms with E-state index in [1.807, 2.05) is 0 Å². The summed E-state index contributed by atoms with van der Waals surface area (Å²) in [4.78, 5) is 15.0. The fourth-order valence-electron chi connectivity index (χ4n) is 4.21. The quantitative estimate of drug-likeness (QED) is 0.852. The van der Waals surface area contributed by atoms with Crippen molar-refractivity contribution in [3.8, 4) is 0 Å². The van der Waals surface area contributed by atoms with E-state index >= 15 is 0 Å². The molecule has 118 valence electrons. The summed E-state index contributed by atoms with van der Waals surface area (Å²) in [7, 11) is 0. The Labute approximate surface area is 131 Å². The number of amides is 1. The largest absolute Gasteiger partial charge is 0.371 e. The van der Waals surface area contributed by atoms with Crippen molar-refractivity contribution in [3.05, 3.63) is 35.4 Å². The van der Waals surface area contributed by atoms with Crippen LogP contribution < -0.4 is 5.32 Å². The van der Waals surface area contributed by atoms with E-state index in [1.165, 1.54) is 11.1 Å². The molecule has 0 radical (unpaired) electrons. The zero-order chi connectivity index (χ0) is 15.0. The number of piperidine rings is 1. The van der Waals surface area contributed by atoms with Gasteiger partial charge in [-0.05, 0) is 49.9 Å². The van der Waals surface area contributed by atoms with Crippen molar-refractivity contribution in [2.45, 2.75) is 31.3 Å². The van der Waals surface area contributed by atoms with Crippen LogP contribution in [-0.2, 0) is 22.4 Å². The normalized spacial score (nSPS) is 24.5. The molecular formula is C18H24N2O2. The fourth-order valence-corrected chi connectivity index (χ4v) is 4.21. The van der Waals surface area contributed by atoms with E-state index < -0.39 is 0 Å². The number of carbonyl (C=O) groups excluding carboxylic acids is 1. The highest BCUT2D eigenvalue weighted by atomic mass is 16.5. The van der Waals surface area contributed by atoms with E-state index in [0.717, 1.165) is 51.9 Å². The first-order valence-electron chi connectivity index (χ1n) is 8.46. The van der Waals surface area contributed by atoms with Gasteiger partial charge in [0.25, 0.3) is 0 Å². The number of fused-ring (bicyclic) bond motifs is 1. The van der Waals surface area contributed by atoms with Crippen molar-refractivity contribution in [3.63, 3.8) is 0 Å². The molecule has 1 aliphatic carbocycles. The molecule has 4 rings (SSSR count). The van der Waals surface area contributed by atoms with E-state index in [9.17, 15) is 4.79 Å². The SMILES string of the molecule is O=C(C1Cc2ccccc2C1)N1CCOC2(CCNCC2)C1. The molecule has 22 heavy (non-hydrogen) atoms. The van der Waals surface area contributed by atoms with Crippen LogP contribution in [0.15, 0.2) is 24.3 Å². The lowest BCUT2D eigenvalue weighted by Crippen LogP contribution is -2.58. The van der Waals surface area contributed by atoms with E-state index in [1.54, 1.807) is 0 Å². The van der Waals surface area contributed by atoms with Gasteiger partial charge in [-0.15, -0.1) is 0 Å². The molecule has 1 spiro atoms. The highest BCUT2D eigenvalue weighted by molar-refractivity contribution is 5.80. The molecule has 0 aromatic heterocycles. The average Bonchev–Trinajstić information content (AvgIpc) is 2.99. The maximum Gasteiger partial charge on any atom is 0.226 e. The summed E-state index contributed by atoms with van der Waals surface area (Å²) in [6.07, 6.45) is 3.84. The first kappa shape index (κ1) is 14.2. The van der Waals surface area contributed by atoms with Gasteiger partial charge in [-0.1, -0.05) is 24.3 Å². The third kappa shape index (κ3) is 2.55. The predicted octanol–water partition coefficient (Wildman–Crippen LogP) is 1.38. The van der Waals surface area contributed by atoms with Gasteiger partial charge >= 0.3 is 0 Å². The zero-order valence-electron chi connectivity index (χ0n) is 13.0. The molecule has 0 unspecified atom stereocenters. The summed E-state index contributed by atoms with van der Waals surface area (Å²) in [6.45, 7) is 4.21. The Morgan fingerprint density at radius 3 is 2.55 bits per heavy atom. The minimum absolute atomic E-state index is 0.0926. The van der Waals surface area contributed by atoms with Crippen molar-refractivity contribution in [1.29, 1.82) is 0 Å². The third-order valence-electron chi connectivity index (χ3n) is 5.48. The van der Waals surface area contributed by atoms with Crippen molar-refractivity contribution < 1.29 is 9.53 Å². The number of benzene rings is 1. The zero-order valence-corrected chi connectivity index (χ0v) is 13.0. The van der Waals surface area contributed by atoms with Crippen molar-refractivity contribution in [2.24, 2.45) is 5.92 Å². The van der Waals surface area contributed by atoms with Gasteiger partial charge in [-0.25, -0.2) is 0 Å². The van der Waals surface area contributed by atoms with Crippen molar-refractivity contribution in [1.82, 2.24) is 10.2 Å². The molecule has 2 fully saturated rings. The van der Waals surface area contributed by atoms with Gasteiger partial charge in [-0.3, -0.25) is 4.79 Å². The molecule has 1 aromatic carbocycles. The van der Waals surface area contributed by atoms with Crippen LogP contribution in [0.3, 0.4) is 0 Å². The molecule has 2 heterocycles. The van der Waals surface area contributed by atoms with Crippen molar-refractivity contribution in [2.75, 3.05) is 32.8 Å². The number of nitrogens with one attached hydrogen (secondary N) is 1. The number of hydrogen-bond acceptors (Lipinski definition) is 3.